The van der Waals surface area contributed by atoms with Crippen LogP contribution < -0.4 is 5.56 Å². The molecule has 1 saturated heterocycles. The number of likely N-dealkylation sites (tertiary alicyclic amines) is 1. The molecule has 1 amide bonds. The van der Waals surface area contributed by atoms with Gasteiger partial charge in [0.2, 0.25) is 0 Å². The Hall–Kier alpha value is -1.73. The van der Waals surface area contributed by atoms with Crippen LogP contribution in [-0.2, 0) is 11.3 Å². The Morgan fingerprint density at radius 1 is 1.55 bits per heavy atom. The Morgan fingerprint density at radius 2 is 2.30 bits per heavy atom. The Morgan fingerprint density at radius 3 is 2.90 bits per heavy atom. The van der Waals surface area contributed by atoms with Gasteiger partial charge < -0.3 is 14.7 Å². The molecule has 20 heavy (non-hydrogen) atoms. The van der Waals surface area contributed by atoms with Crippen LogP contribution in [0.3, 0.4) is 0 Å². The van der Waals surface area contributed by atoms with Crippen molar-refractivity contribution < 1.29 is 14.6 Å². The lowest BCUT2D eigenvalue weighted by atomic mass is 10.1. The van der Waals surface area contributed by atoms with Crippen LogP contribution in [0.5, 0.6) is 0 Å². The van der Waals surface area contributed by atoms with Crippen molar-refractivity contribution in [1.82, 2.24) is 14.7 Å². The number of aliphatic hydroxyl groups is 1. The molecule has 1 atom stereocenters. The van der Waals surface area contributed by atoms with Gasteiger partial charge in [0.15, 0.2) is 0 Å². The molecular formula is C13H19N3O4. The Labute approximate surface area is 116 Å². The van der Waals surface area contributed by atoms with E-state index in [-0.39, 0.29) is 23.7 Å². The second-order valence-corrected chi connectivity index (χ2v) is 5.25. The van der Waals surface area contributed by atoms with Crippen LogP contribution in [0.1, 0.15) is 23.8 Å². The molecule has 1 aliphatic rings. The number of methoxy groups -OCH3 is 1. The average molecular weight is 281 g/mol. The van der Waals surface area contributed by atoms with E-state index in [9.17, 15) is 14.7 Å². The summed E-state index contributed by atoms with van der Waals surface area (Å²) in [5, 5.41) is 13.9. The topological polar surface area (TPSA) is 84.7 Å². The molecule has 0 bridgehead atoms. The van der Waals surface area contributed by atoms with Gasteiger partial charge in [0.1, 0.15) is 5.69 Å². The number of β-amino-alcohol motifs (C(OH)–C–C–N with tert-alkyl or cyclic N) is 1. The summed E-state index contributed by atoms with van der Waals surface area (Å²) in [6.07, 6.45) is 0.544. The van der Waals surface area contributed by atoms with E-state index < -0.39 is 5.60 Å². The quantitative estimate of drug-likeness (QED) is 0.803. The largest absolute Gasteiger partial charge is 0.388 e. The van der Waals surface area contributed by atoms with Gasteiger partial charge in [-0.3, -0.25) is 9.59 Å². The molecule has 0 aliphatic carbocycles. The molecule has 1 aromatic heterocycles. The van der Waals surface area contributed by atoms with Crippen LogP contribution in [0.2, 0.25) is 0 Å². The second-order valence-electron chi connectivity index (χ2n) is 5.25. The van der Waals surface area contributed by atoms with E-state index >= 15 is 0 Å². The molecular weight excluding hydrogens is 262 g/mol. The van der Waals surface area contributed by atoms with E-state index in [2.05, 4.69) is 5.10 Å². The van der Waals surface area contributed by atoms with E-state index in [0.717, 1.165) is 0 Å². The monoisotopic (exact) mass is 281 g/mol. The fourth-order valence-corrected chi connectivity index (χ4v) is 2.18. The van der Waals surface area contributed by atoms with Gasteiger partial charge in [-0.15, -0.1) is 0 Å². The molecule has 0 radical (unpaired) electrons. The third kappa shape index (κ3) is 3.23. The zero-order valence-electron chi connectivity index (χ0n) is 11.7. The predicted octanol–water partition coefficient (Wildman–Crippen LogP) is -0.513. The summed E-state index contributed by atoms with van der Waals surface area (Å²) in [5.41, 5.74) is -0.911. The lowest BCUT2D eigenvalue weighted by molar-refractivity contribution is 0.0567. The standard InChI is InChI=1S/C13H19N3O4/c1-13(19)5-6-15(9-13)12(18)10-3-4-11(17)16(14-10)7-8-20-2/h3-4,19H,5-9H2,1-2H3. The SMILES string of the molecule is COCCn1nc(C(=O)N2CCC(C)(O)C2)ccc1=O. The molecule has 0 saturated carbocycles. The maximum absolute atomic E-state index is 12.3. The summed E-state index contributed by atoms with van der Waals surface area (Å²) < 4.78 is 6.11. The van der Waals surface area contributed by atoms with Gasteiger partial charge in [-0.05, 0) is 19.4 Å². The normalized spacial score (nSPS) is 22.2. The van der Waals surface area contributed by atoms with E-state index in [0.29, 0.717) is 26.1 Å². The number of rotatable bonds is 4. The first-order chi connectivity index (χ1) is 9.43. The van der Waals surface area contributed by atoms with Crippen molar-refractivity contribution >= 4 is 5.91 Å². The first-order valence-electron chi connectivity index (χ1n) is 6.52. The number of carbonyl (C=O) groups excluding carboxylic acids is 1. The number of nitrogens with zero attached hydrogens (tertiary/aromatic N) is 3. The number of hydrogen-bond acceptors (Lipinski definition) is 5. The number of amides is 1. The smallest absolute Gasteiger partial charge is 0.274 e. The van der Waals surface area contributed by atoms with Gasteiger partial charge in [0.05, 0.1) is 18.8 Å². The minimum atomic E-state index is -0.847. The zero-order chi connectivity index (χ0) is 14.8. The Bertz CT molecular complexity index is 553. The fraction of sp³-hybridized carbons (Fsp3) is 0.615. The molecule has 2 heterocycles. The van der Waals surface area contributed by atoms with E-state index in [4.69, 9.17) is 4.74 Å². The second kappa shape index (κ2) is 5.72. The van der Waals surface area contributed by atoms with Crippen molar-refractivity contribution in [2.75, 3.05) is 26.8 Å². The van der Waals surface area contributed by atoms with Gasteiger partial charge in [0.25, 0.3) is 11.5 Å². The van der Waals surface area contributed by atoms with Crippen molar-refractivity contribution in [3.63, 3.8) is 0 Å². The molecule has 1 aromatic rings. The minimum Gasteiger partial charge on any atom is -0.388 e. The van der Waals surface area contributed by atoms with Crippen molar-refractivity contribution in [2.24, 2.45) is 0 Å². The summed E-state index contributed by atoms with van der Waals surface area (Å²) in [7, 11) is 1.53. The number of hydrogen-bond donors (Lipinski definition) is 1. The highest BCUT2D eigenvalue weighted by molar-refractivity contribution is 5.92. The predicted molar refractivity (Wildman–Crippen MR) is 71.5 cm³/mol. The molecule has 1 aliphatic heterocycles. The van der Waals surface area contributed by atoms with E-state index in [1.165, 1.54) is 23.9 Å². The van der Waals surface area contributed by atoms with Gasteiger partial charge in [-0.25, -0.2) is 4.68 Å². The van der Waals surface area contributed by atoms with Crippen LogP contribution in [0, 0.1) is 0 Å². The number of carbonyl (C=O) groups is 1. The van der Waals surface area contributed by atoms with Crippen LogP contribution >= 0.6 is 0 Å². The van der Waals surface area contributed by atoms with E-state index in [1.54, 1.807) is 11.8 Å². The number of ether oxygens (including phenoxy) is 1. The third-order valence-electron chi connectivity index (χ3n) is 3.33. The maximum atomic E-state index is 12.3. The first kappa shape index (κ1) is 14.7. The third-order valence-corrected chi connectivity index (χ3v) is 3.33. The highest BCUT2D eigenvalue weighted by atomic mass is 16.5. The van der Waals surface area contributed by atoms with Gasteiger partial charge in [-0.2, -0.15) is 5.10 Å². The van der Waals surface area contributed by atoms with Crippen LogP contribution in [-0.4, -0.2) is 58.1 Å². The average Bonchev–Trinajstić information content (AvgIpc) is 2.77. The Balaban J connectivity index is 2.16. The van der Waals surface area contributed by atoms with E-state index in [1.807, 2.05) is 0 Å². The van der Waals surface area contributed by atoms with Crippen molar-refractivity contribution in [3.05, 3.63) is 28.2 Å². The molecule has 2 rings (SSSR count). The molecule has 110 valence electrons. The van der Waals surface area contributed by atoms with Gasteiger partial charge >= 0.3 is 0 Å². The summed E-state index contributed by atoms with van der Waals surface area (Å²) in [5.74, 6) is -0.269. The molecule has 0 spiro atoms. The van der Waals surface area contributed by atoms with Crippen LogP contribution in [0.15, 0.2) is 16.9 Å². The van der Waals surface area contributed by atoms with Gasteiger partial charge in [-0.1, -0.05) is 0 Å². The lowest BCUT2D eigenvalue weighted by Crippen LogP contribution is -2.35. The summed E-state index contributed by atoms with van der Waals surface area (Å²) in [4.78, 5) is 25.4. The summed E-state index contributed by atoms with van der Waals surface area (Å²) in [6.45, 7) is 3.12. The molecule has 0 aromatic carbocycles. The number of aromatic nitrogens is 2. The first-order valence-corrected chi connectivity index (χ1v) is 6.52. The van der Waals surface area contributed by atoms with Crippen LogP contribution in [0.4, 0.5) is 0 Å². The molecule has 1 N–H and O–H groups in total. The van der Waals surface area contributed by atoms with Gasteiger partial charge in [0, 0.05) is 26.3 Å². The molecule has 7 heteroatoms. The summed E-state index contributed by atoms with van der Waals surface area (Å²) >= 11 is 0. The Kier molecular flexibility index (Phi) is 4.20. The zero-order valence-corrected chi connectivity index (χ0v) is 11.7. The molecule has 1 unspecified atom stereocenters. The molecule has 1 fully saturated rings. The van der Waals surface area contributed by atoms with Crippen molar-refractivity contribution in [1.29, 1.82) is 0 Å². The van der Waals surface area contributed by atoms with Crippen molar-refractivity contribution in [2.45, 2.75) is 25.5 Å². The molecule has 7 nitrogen and oxygen atoms in total. The van der Waals surface area contributed by atoms with Crippen molar-refractivity contribution in [3.8, 4) is 0 Å². The lowest BCUT2D eigenvalue weighted by Gasteiger charge is -2.18. The van der Waals surface area contributed by atoms with Crippen LogP contribution in [0.25, 0.3) is 0 Å². The maximum Gasteiger partial charge on any atom is 0.274 e. The highest BCUT2D eigenvalue weighted by Crippen LogP contribution is 2.21. The fourth-order valence-electron chi connectivity index (χ4n) is 2.18. The highest BCUT2D eigenvalue weighted by Gasteiger charge is 2.34. The minimum absolute atomic E-state index is 0.207. The summed E-state index contributed by atoms with van der Waals surface area (Å²) in [6, 6.07) is 2.74.